The van der Waals surface area contributed by atoms with Crippen molar-refractivity contribution in [3.8, 4) is 6.07 Å². The van der Waals surface area contributed by atoms with Gasteiger partial charge < -0.3 is 10.3 Å². The molecule has 1 amide bonds. The molecule has 102 valence electrons. The smallest absolute Gasteiger partial charge is 0.244 e. The highest BCUT2D eigenvalue weighted by molar-refractivity contribution is 6.02. The summed E-state index contributed by atoms with van der Waals surface area (Å²) in [5.41, 5.74) is 1.38. The van der Waals surface area contributed by atoms with E-state index in [0.717, 1.165) is 30.3 Å². The first-order valence-electron chi connectivity index (χ1n) is 6.90. The Balaban J connectivity index is 1.89. The number of carbonyl (C=O) groups is 1. The highest BCUT2D eigenvalue weighted by atomic mass is 16.2. The van der Waals surface area contributed by atoms with Gasteiger partial charge in [0.25, 0.3) is 0 Å². The van der Waals surface area contributed by atoms with Crippen molar-refractivity contribution < 1.29 is 4.79 Å². The van der Waals surface area contributed by atoms with E-state index in [4.69, 9.17) is 0 Å². The molecule has 0 saturated heterocycles. The Hall–Kier alpha value is -2.35. The number of nitrogens with zero attached hydrogens (tertiary/aromatic N) is 2. The minimum Gasteiger partial charge on any atom is -0.345 e. The van der Waals surface area contributed by atoms with Crippen LogP contribution in [0.15, 0.2) is 24.5 Å². The summed E-state index contributed by atoms with van der Waals surface area (Å²) < 4.78 is 0. The molecule has 0 radical (unpaired) electrons. The molecule has 1 heterocycles. The number of aromatic amines is 1. The molecular formula is C15H16N4O. The number of nitrogens with one attached hydrogen (secondary N) is 2. The molecule has 1 fully saturated rings. The van der Waals surface area contributed by atoms with E-state index in [9.17, 15) is 10.1 Å². The number of benzene rings is 1. The average Bonchev–Trinajstić information content (AvgIpc) is 2.97. The fourth-order valence-electron chi connectivity index (χ4n) is 2.85. The maximum Gasteiger partial charge on any atom is 0.244 e. The lowest BCUT2D eigenvalue weighted by molar-refractivity contribution is -0.124. The molecule has 0 aliphatic heterocycles. The molecule has 2 N–H and O–H groups in total. The van der Waals surface area contributed by atoms with Gasteiger partial charge in [-0.25, -0.2) is 4.98 Å². The number of imidazole rings is 1. The number of amides is 1. The summed E-state index contributed by atoms with van der Waals surface area (Å²) in [7, 11) is 0. The van der Waals surface area contributed by atoms with E-state index < -0.39 is 5.41 Å². The summed E-state index contributed by atoms with van der Waals surface area (Å²) in [6.07, 6.45) is 5.87. The molecule has 0 spiro atoms. The zero-order chi connectivity index (χ0) is 14.0. The number of anilines is 1. The molecule has 20 heavy (non-hydrogen) atoms. The van der Waals surface area contributed by atoms with Crippen molar-refractivity contribution in [2.24, 2.45) is 5.41 Å². The van der Waals surface area contributed by atoms with Crippen LogP contribution in [0.2, 0.25) is 0 Å². The predicted octanol–water partition coefficient (Wildman–Crippen LogP) is 2.98. The molecule has 5 heteroatoms. The minimum absolute atomic E-state index is 0.199. The zero-order valence-corrected chi connectivity index (χ0v) is 11.1. The third kappa shape index (κ3) is 2.03. The number of fused-ring (bicyclic) bond motifs is 1. The number of para-hydroxylation sites is 1. The molecule has 1 aromatic heterocycles. The first-order valence-corrected chi connectivity index (χ1v) is 6.90. The maximum atomic E-state index is 12.5. The van der Waals surface area contributed by atoms with Gasteiger partial charge in [-0.2, -0.15) is 5.26 Å². The lowest BCUT2D eigenvalue weighted by Crippen LogP contribution is -2.36. The summed E-state index contributed by atoms with van der Waals surface area (Å²) in [4.78, 5) is 19.7. The summed E-state index contributed by atoms with van der Waals surface area (Å²) in [6.45, 7) is 0. The fraction of sp³-hybridized carbons (Fsp3) is 0.400. The Morgan fingerprint density at radius 3 is 2.90 bits per heavy atom. The normalized spacial score (nSPS) is 17.6. The van der Waals surface area contributed by atoms with Crippen LogP contribution in [0.5, 0.6) is 0 Å². The second-order valence-corrected chi connectivity index (χ2v) is 5.31. The second-order valence-electron chi connectivity index (χ2n) is 5.31. The standard InChI is InChI=1S/C15H16N4O/c16-9-15(7-2-1-3-8-15)14(20)19-12-6-4-5-11-13(12)18-10-17-11/h4-6,10H,1-3,7-8H2,(H,17,18)(H,19,20). The zero-order valence-electron chi connectivity index (χ0n) is 11.1. The first-order chi connectivity index (χ1) is 9.75. The largest absolute Gasteiger partial charge is 0.345 e. The number of aromatic nitrogens is 2. The van der Waals surface area contributed by atoms with E-state index >= 15 is 0 Å². The molecule has 0 bridgehead atoms. The second kappa shape index (κ2) is 4.97. The van der Waals surface area contributed by atoms with Crippen molar-refractivity contribution in [2.75, 3.05) is 5.32 Å². The van der Waals surface area contributed by atoms with Crippen LogP contribution in [0.3, 0.4) is 0 Å². The van der Waals surface area contributed by atoms with Gasteiger partial charge in [0, 0.05) is 0 Å². The maximum absolute atomic E-state index is 12.5. The van der Waals surface area contributed by atoms with Gasteiger partial charge >= 0.3 is 0 Å². The van der Waals surface area contributed by atoms with Gasteiger partial charge in [-0.3, -0.25) is 4.79 Å². The quantitative estimate of drug-likeness (QED) is 0.878. The highest BCUT2D eigenvalue weighted by Gasteiger charge is 2.40. The van der Waals surface area contributed by atoms with E-state index in [-0.39, 0.29) is 5.91 Å². The van der Waals surface area contributed by atoms with Crippen molar-refractivity contribution in [1.82, 2.24) is 9.97 Å². The Labute approximate surface area is 117 Å². The van der Waals surface area contributed by atoms with E-state index in [0.29, 0.717) is 18.5 Å². The molecule has 3 rings (SSSR count). The number of hydrogen-bond donors (Lipinski definition) is 2. The molecule has 1 aliphatic rings. The Morgan fingerprint density at radius 2 is 2.15 bits per heavy atom. The van der Waals surface area contributed by atoms with Crippen LogP contribution in [-0.2, 0) is 4.79 Å². The van der Waals surface area contributed by atoms with Crippen LogP contribution in [0.1, 0.15) is 32.1 Å². The van der Waals surface area contributed by atoms with Gasteiger partial charge in [0.1, 0.15) is 10.9 Å². The van der Waals surface area contributed by atoms with Gasteiger partial charge in [-0.1, -0.05) is 25.3 Å². The molecular weight excluding hydrogens is 252 g/mol. The van der Waals surface area contributed by atoms with E-state index in [1.54, 1.807) is 6.33 Å². The van der Waals surface area contributed by atoms with Crippen LogP contribution in [0.4, 0.5) is 5.69 Å². The van der Waals surface area contributed by atoms with Crippen LogP contribution < -0.4 is 5.32 Å². The van der Waals surface area contributed by atoms with E-state index in [1.807, 2.05) is 18.2 Å². The molecule has 0 atom stereocenters. The molecule has 2 aromatic rings. The number of rotatable bonds is 2. The Morgan fingerprint density at radius 1 is 1.35 bits per heavy atom. The number of hydrogen-bond acceptors (Lipinski definition) is 3. The summed E-state index contributed by atoms with van der Waals surface area (Å²) in [6, 6.07) is 7.81. The van der Waals surface area contributed by atoms with Gasteiger partial charge in [0.05, 0.1) is 23.6 Å². The molecule has 1 saturated carbocycles. The lowest BCUT2D eigenvalue weighted by Gasteiger charge is -2.29. The van der Waals surface area contributed by atoms with Crippen molar-refractivity contribution in [3.05, 3.63) is 24.5 Å². The van der Waals surface area contributed by atoms with Gasteiger partial charge in [0.15, 0.2) is 0 Å². The van der Waals surface area contributed by atoms with Crippen LogP contribution >= 0.6 is 0 Å². The summed E-state index contributed by atoms with van der Waals surface area (Å²) in [5.74, 6) is -0.199. The van der Waals surface area contributed by atoms with Gasteiger partial charge in [-0.15, -0.1) is 0 Å². The molecule has 1 aliphatic carbocycles. The number of carbonyl (C=O) groups excluding carboxylic acids is 1. The van der Waals surface area contributed by atoms with E-state index in [2.05, 4.69) is 21.4 Å². The topological polar surface area (TPSA) is 81.6 Å². The monoisotopic (exact) mass is 268 g/mol. The first kappa shape index (κ1) is 12.7. The van der Waals surface area contributed by atoms with Gasteiger partial charge in [-0.05, 0) is 25.0 Å². The molecule has 0 unspecified atom stereocenters. The van der Waals surface area contributed by atoms with Crippen LogP contribution in [0, 0.1) is 16.7 Å². The molecule has 5 nitrogen and oxygen atoms in total. The number of nitriles is 1. The van der Waals surface area contributed by atoms with Crippen molar-refractivity contribution in [2.45, 2.75) is 32.1 Å². The van der Waals surface area contributed by atoms with E-state index in [1.165, 1.54) is 0 Å². The van der Waals surface area contributed by atoms with Gasteiger partial charge in [0.2, 0.25) is 5.91 Å². The van der Waals surface area contributed by atoms with Crippen molar-refractivity contribution >= 4 is 22.6 Å². The average molecular weight is 268 g/mol. The third-order valence-electron chi connectivity index (χ3n) is 4.05. The molecule has 1 aromatic carbocycles. The number of H-pyrrole nitrogens is 1. The third-order valence-corrected chi connectivity index (χ3v) is 4.05. The Bertz CT molecular complexity index is 676. The highest BCUT2D eigenvalue weighted by Crippen LogP contribution is 2.37. The van der Waals surface area contributed by atoms with Crippen LogP contribution in [0.25, 0.3) is 11.0 Å². The summed E-state index contributed by atoms with van der Waals surface area (Å²) >= 11 is 0. The van der Waals surface area contributed by atoms with Crippen LogP contribution in [-0.4, -0.2) is 15.9 Å². The summed E-state index contributed by atoms with van der Waals surface area (Å²) in [5, 5.41) is 12.3. The fourth-order valence-corrected chi connectivity index (χ4v) is 2.85. The SMILES string of the molecule is N#CC1(C(=O)Nc2cccc3[nH]cnc23)CCCCC1. The lowest BCUT2D eigenvalue weighted by atomic mass is 9.74. The predicted molar refractivity (Wildman–Crippen MR) is 75.9 cm³/mol. The Kier molecular flexibility index (Phi) is 3.15. The van der Waals surface area contributed by atoms with Crippen molar-refractivity contribution in [1.29, 1.82) is 5.26 Å². The minimum atomic E-state index is -0.878. The van der Waals surface area contributed by atoms with Crippen molar-refractivity contribution in [3.63, 3.8) is 0 Å².